The molecule has 0 N–H and O–H groups in total. The molecule has 1 unspecified atom stereocenters. The lowest BCUT2D eigenvalue weighted by Gasteiger charge is -2.32. The fourth-order valence-electron chi connectivity index (χ4n) is 2.87. The van der Waals surface area contributed by atoms with Crippen LogP contribution in [0.15, 0.2) is 39.5 Å². The summed E-state index contributed by atoms with van der Waals surface area (Å²) in [7, 11) is -3.63. The van der Waals surface area contributed by atoms with Gasteiger partial charge in [0.25, 0.3) is 0 Å². The van der Waals surface area contributed by atoms with Crippen LogP contribution in [0.2, 0.25) is 0 Å². The zero-order valence-electron chi connectivity index (χ0n) is 13.6. The summed E-state index contributed by atoms with van der Waals surface area (Å²) in [5.74, 6) is 0.600. The van der Waals surface area contributed by atoms with Crippen molar-refractivity contribution in [1.82, 2.24) is 14.3 Å². The monoisotopic (exact) mass is 363 g/mol. The minimum atomic E-state index is -3.63. The summed E-state index contributed by atoms with van der Waals surface area (Å²) in [6.45, 7) is 2.45. The van der Waals surface area contributed by atoms with Crippen LogP contribution in [0.4, 0.5) is 0 Å². The molecule has 0 amide bonds. The van der Waals surface area contributed by atoms with E-state index in [9.17, 15) is 8.42 Å². The number of para-hydroxylation sites is 2. The van der Waals surface area contributed by atoms with Crippen molar-refractivity contribution >= 4 is 21.1 Å². The lowest BCUT2D eigenvalue weighted by Crippen LogP contribution is -2.44. The summed E-state index contributed by atoms with van der Waals surface area (Å²) in [5.41, 5.74) is 1.71. The average molecular weight is 363 g/mol. The number of morpholine rings is 1. The highest BCUT2D eigenvalue weighted by molar-refractivity contribution is 7.88. The second kappa shape index (κ2) is 6.25. The van der Waals surface area contributed by atoms with Crippen LogP contribution in [0.3, 0.4) is 0 Å². The van der Waals surface area contributed by atoms with Crippen molar-refractivity contribution in [2.45, 2.75) is 18.7 Å². The lowest BCUT2D eigenvalue weighted by molar-refractivity contribution is 0.0229. The van der Waals surface area contributed by atoms with E-state index in [0.29, 0.717) is 35.1 Å². The van der Waals surface area contributed by atoms with Crippen molar-refractivity contribution in [1.29, 1.82) is 0 Å². The predicted octanol–water partition coefficient (Wildman–Crippen LogP) is 2.03. The highest BCUT2D eigenvalue weighted by Gasteiger charge is 2.37. The maximum Gasteiger partial charge on any atom is 0.220 e. The van der Waals surface area contributed by atoms with Crippen LogP contribution in [0.1, 0.15) is 23.4 Å². The van der Waals surface area contributed by atoms with E-state index in [2.05, 4.69) is 9.97 Å². The SMILES string of the molecule is Cc1ocnc1CS(=O)(=O)N1CCOCC1c1nc2ccccc2o1. The van der Waals surface area contributed by atoms with Crippen molar-refractivity contribution in [2.24, 2.45) is 0 Å². The number of oxazole rings is 2. The first-order chi connectivity index (χ1) is 12.0. The number of aryl methyl sites for hydroxylation is 1. The van der Waals surface area contributed by atoms with E-state index >= 15 is 0 Å². The molecule has 4 rings (SSSR count). The third-order valence-corrected chi connectivity index (χ3v) is 5.99. The maximum absolute atomic E-state index is 12.9. The Morgan fingerprint density at radius 3 is 2.92 bits per heavy atom. The Morgan fingerprint density at radius 1 is 1.32 bits per heavy atom. The molecule has 1 fully saturated rings. The number of hydrogen-bond donors (Lipinski definition) is 0. The van der Waals surface area contributed by atoms with Crippen LogP contribution in [-0.2, 0) is 20.5 Å². The number of hydrogen-bond acceptors (Lipinski definition) is 7. The smallest absolute Gasteiger partial charge is 0.220 e. The molecular formula is C16H17N3O5S. The molecule has 0 aliphatic carbocycles. The van der Waals surface area contributed by atoms with Crippen molar-refractivity contribution in [3.63, 3.8) is 0 Å². The Kier molecular flexibility index (Phi) is 4.06. The zero-order chi connectivity index (χ0) is 17.4. The van der Waals surface area contributed by atoms with Gasteiger partial charge < -0.3 is 13.6 Å². The summed E-state index contributed by atoms with van der Waals surface area (Å²) in [6.07, 6.45) is 1.25. The number of ether oxygens (including phenoxy) is 1. The average Bonchev–Trinajstić information content (AvgIpc) is 3.21. The summed E-state index contributed by atoms with van der Waals surface area (Å²) in [6, 6.07) is 6.72. The van der Waals surface area contributed by atoms with Gasteiger partial charge in [-0.05, 0) is 19.1 Å². The second-order valence-electron chi connectivity index (χ2n) is 5.83. The quantitative estimate of drug-likeness (QED) is 0.699. The molecule has 1 aliphatic rings. The zero-order valence-corrected chi connectivity index (χ0v) is 14.4. The highest BCUT2D eigenvalue weighted by Crippen LogP contribution is 2.30. The van der Waals surface area contributed by atoms with Gasteiger partial charge in [0.2, 0.25) is 15.9 Å². The van der Waals surface area contributed by atoms with Crippen molar-refractivity contribution < 1.29 is 22.0 Å². The fraction of sp³-hybridized carbons (Fsp3) is 0.375. The topological polar surface area (TPSA) is 98.7 Å². The Bertz CT molecular complexity index is 961. The van der Waals surface area contributed by atoms with E-state index in [1.165, 1.54) is 10.7 Å². The Hall–Kier alpha value is -2.23. The molecule has 0 saturated carbocycles. The van der Waals surface area contributed by atoms with Gasteiger partial charge in [-0.2, -0.15) is 4.31 Å². The molecule has 0 spiro atoms. The van der Waals surface area contributed by atoms with Gasteiger partial charge in [-0.1, -0.05) is 12.1 Å². The standard InChI is InChI=1S/C16H17N3O5S/c1-11-13(17-10-23-11)9-25(20,21)19-6-7-22-8-14(19)16-18-12-4-2-3-5-15(12)24-16/h2-5,10,14H,6-9H2,1H3. The molecule has 25 heavy (non-hydrogen) atoms. The summed E-state index contributed by atoms with van der Waals surface area (Å²) in [5, 5.41) is 0. The molecule has 3 aromatic rings. The molecular weight excluding hydrogens is 346 g/mol. The third-order valence-electron chi connectivity index (χ3n) is 4.20. The van der Waals surface area contributed by atoms with E-state index in [0.717, 1.165) is 0 Å². The number of benzene rings is 1. The van der Waals surface area contributed by atoms with Crippen LogP contribution < -0.4 is 0 Å². The van der Waals surface area contributed by atoms with Crippen LogP contribution >= 0.6 is 0 Å². The fourth-order valence-corrected chi connectivity index (χ4v) is 4.55. The Morgan fingerprint density at radius 2 is 2.16 bits per heavy atom. The van der Waals surface area contributed by atoms with Crippen molar-refractivity contribution in [3.05, 3.63) is 48.0 Å². The maximum atomic E-state index is 12.9. The largest absolute Gasteiger partial charge is 0.448 e. The third kappa shape index (κ3) is 3.06. The first-order valence-corrected chi connectivity index (χ1v) is 9.47. The molecule has 0 bridgehead atoms. The molecule has 9 heteroatoms. The summed E-state index contributed by atoms with van der Waals surface area (Å²) in [4.78, 5) is 8.41. The van der Waals surface area contributed by atoms with Crippen LogP contribution in [-0.4, -0.2) is 42.4 Å². The van der Waals surface area contributed by atoms with Gasteiger partial charge in [0.05, 0.1) is 18.9 Å². The van der Waals surface area contributed by atoms with Gasteiger partial charge in [0, 0.05) is 6.54 Å². The van der Waals surface area contributed by atoms with Crippen LogP contribution in [0, 0.1) is 6.92 Å². The molecule has 132 valence electrons. The van der Waals surface area contributed by atoms with E-state index in [-0.39, 0.29) is 18.9 Å². The Labute approximate surface area is 144 Å². The molecule has 1 saturated heterocycles. The second-order valence-corrected chi connectivity index (χ2v) is 7.75. The van der Waals surface area contributed by atoms with Gasteiger partial charge in [-0.25, -0.2) is 18.4 Å². The Balaban J connectivity index is 1.67. The van der Waals surface area contributed by atoms with Gasteiger partial charge in [-0.15, -0.1) is 0 Å². The number of aromatic nitrogens is 2. The number of rotatable bonds is 4. The van der Waals surface area contributed by atoms with Gasteiger partial charge >= 0.3 is 0 Å². The number of fused-ring (bicyclic) bond motifs is 1. The molecule has 3 heterocycles. The van der Waals surface area contributed by atoms with Crippen molar-refractivity contribution in [2.75, 3.05) is 19.8 Å². The molecule has 1 atom stereocenters. The van der Waals surface area contributed by atoms with E-state index in [4.69, 9.17) is 13.6 Å². The molecule has 8 nitrogen and oxygen atoms in total. The van der Waals surface area contributed by atoms with E-state index < -0.39 is 16.1 Å². The van der Waals surface area contributed by atoms with Crippen LogP contribution in [0.25, 0.3) is 11.1 Å². The highest BCUT2D eigenvalue weighted by atomic mass is 32.2. The molecule has 1 aromatic carbocycles. The minimum Gasteiger partial charge on any atom is -0.448 e. The minimum absolute atomic E-state index is 0.198. The molecule has 0 radical (unpaired) electrons. The normalized spacial score (nSPS) is 19.5. The summed E-state index contributed by atoms with van der Waals surface area (Å²) < 4.78 is 43.6. The first kappa shape index (κ1) is 16.2. The molecule has 2 aromatic heterocycles. The van der Waals surface area contributed by atoms with E-state index in [1.807, 2.05) is 18.2 Å². The first-order valence-electron chi connectivity index (χ1n) is 7.86. The number of nitrogens with zero attached hydrogens (tertiary/aromatic N) is 3. The lowest BCUT2D eigenvalue weighted by atomic mass is 10.3. The molecule has 1 aliphatic heterocycles. The van der Waals surface area contributed by atoms with Crippen molar-refractivity contribution in [3.8, 4) is 0 Å². The van der Waals surface area contributed by atoms with Crippen LogP contribution in [0.5, 0.6) is 0 Å². The predicted molar refractivity (Wildman–Crippen MR) is 88.1 cm³/mol. The number of sulfonamides is 1. The summed E-state index contributed by atoms with van der Waals surface area (Å²) >= 11 is 0. The van der Waals surface area contributed by atoms with Gasteiger partial charge in [-0.3, -0.25) is 0 Å². The van der Waals surface area contributed by atoms with Gasteiger partial charge in [0.1, 0.15) is 23.1 Å². The van der Waals surface area contributed by atoms with E-state index in [1.54, 1.807) is 13.0 Å². The van der Waals surface area contributed by atoms with Gasteiger partial charge in [0.15, 0.2) is 12.0 Å².